The standard InChI is InChI=1S/C21H19N3O2/c1-2-16-5-7-18(8-6-16)19-9-11-20(12-10-19)24-21(25)26-23-15-17-4-3-13-22-14-17/h3-15H,2H2,1H3,(H,24,25)/b23-15+. The Kier molecular flexibility index (Phi) is 5.72. The molecule has 1 heterocycles. The lowest BCUT2D eigenvalue weighted by molar-refractivity contribution is 0.167. The molecule has 0 aliphatic heterocycles. The highest BCUT2D eigenvalue weighted by molar-refractivity contribution is 5.86. The molecule has 0 aliphatic carbocycles. The minimum Gasteiger partial charge on any atom is -0.298 e. The smallest absolute Gasteiger partial charge is 0.298 e. The Morgan fingerprint density at radius 2 is 1.77 bits per heavy atom. The molecule has 1 N–H and O–H groups in total. The number of rotatable bonds is 5. The summed E-state index contributed by atoms with van der Waals surface area (Å²) in [5.41, 5.74) is 4.92. The van der Waals surface area contributed by atoms with Crippen molar-refractivity contribution in [1.29, 1.82) is 0 Å². The lowest BCUT2D eigenvalue weighted by Crippen LogP contribution is -2.10. The van der Waals surface area contributed by atoms with Crippen molar-refractivity contribution in [2.75, 3.05) is 5.32 Å². The van der Waals surface area contributed by atoms with Crippen molar-refractivity contribution in [3.8, 4) is 11.1 Å². The third kappa shape index (κ3) is 4.77. The van der Waals surface area contributed by atoms with Gasteiger partial charge in [0.15, 0.2) is 0 Å². The van der Waals surface area contributed by atoms with Gasteiger partial charge in [-0.3, -0.25) is 15.1 Å². The van der Waals surface area contributed by atoms with Gasteiger partial charge in [-0.2, -0.15) is 0 Å². The van der Waals surface area contributed by atoms with E-state index in [1.165, 1.54) is 11.8 Å². The molecular formula is C21H19N3O2. The van der Waals surface area contributed by atoms with Crippen LogP contribution in [0.4, 0.5) is 10.5 Å². The van der Waals surface area contributed by atoms with Crippen LogP contribution in [0.15, 0.2) is 78.2 Å². The van der Waals surface area contributed by atoms with Gasteiger partial charge in [0, 0.05) is 23.6 Å². The summed E-state index contributed by atoms with van der Waals surface area (Å²) in [4.78, 5) is 20.5. The van der Waals surface area contributed by atoms with Crippen LogP contribution in [0.1, 0.15) is 18.1 Å². The van der Waals surface area contributed by atoms with Gasteiger partial charge in [0.1, 0.15) is 0 Å². The fourth-order valence-corrected chi connectivity index (χ4v) is 2.41. The van der Waals surface area contributed by atoms with Gasteiger partial charge in [-0.25, -0.2) is 4.79 Å². The summed E-state index contributed by atoms with van der Waals surface area (Å²) in [5, 5.41) is 6.28. The van der Waals surface area contributed by atoms with E-state index in [1.807, 2.05) is 30.3 Å². The van der Waals surface area contributed by atoms with Crippen LogP contribution in [0.2, 0.25) is 0 Å². The second-order valence-electron chi connectivity index (χ2n) is 5.65. The fourth-order valence-electron chi connectivity index (χ4n) is 2.41. The Labute approximate surface area is 152 Å². The van der Waals surface area contributed by atoms with Gasteiger partial charge in [0.25, 0.3) is 0 Å². The third-order valence-corrected chi connectivity index (χ3v) is 3.85. The van der Waals surface area contributed by atoms with E-state index >= 15 is 0 Å². The molecule has 0 atom stereocenters. The van der Waals surface area contributed by atoms with E-state index in [4.69, 9.17) is 4.84 Å². The number of anilines is 1. The monoisotopic (exact) mass is 345 g/mol. The van der Waals surface area contributed by atoms with Crippen molar-refractivity contribution in [1.82, 2.24) is 4.98 Å². The first-order valence-electron chi connectivity index (χ1n) is 8.35. The number of benzene rings is 2. The van der Waals surface area contributed by atoms with E-state index in [2.05, 4.69) is 46.6 Å². The van der Waals surface area contributed by atoms with Gasteiger partial charge in [0.05, 0.1) is 6.21 Å². The highest BCUT2D eigenvalue weighted by atomic mass is 16.7. The maximum absolute atomic E-state index is 11.8. The Balaban J connectivity index is 1.56. The first-order valence-corrected chi connectivity index (χ1v) is 8.35. The molecule has 0 aliphatic rings. The van der Waals surface area contributed by atoms with Crippen molar-refractivity contribution in [2.24, 2.45) is 5.16 Å². The lowest BCUT2D eigenvalue weighted by Gasteiger charge is -2.06. The zero-order valence-electron chi connectivity index (χ0n) is 14.4. The minimum absolute atomic E-state index is 0.639. The molecule has 130 valence electrons. The molecule has 1 amide bonds. The summed E-state index contributed by atoms with van der Waals surface area (Å²) in [6.45, 7) is 2.13. The van der Waals surface area contributed by atoms with Crippen LogP contribution in [-0.4, -0.2) is 17.3 Å². The van der Waals surface area contributed by atoms with Gasteiger partial charge in [-0.1, -0.05) is 54.5 Å². The van der Waals surface area contributed by atoms with Crippen molar-refractivity contribution >= 4 is 18.0 Å². The van der Waals surface area contributed by atoms with Crippen molar-refractivity contribution in [2.45, 2.75) is 13.3 Å². The van der Waals surface area contributed by atoms with E-state index in [0.717, 1.165) is 23.1 Å². The van der Waals surface area contributed by atoms with Gasteiger partial charge in [-0.15, -0.1) is 0 Å². The maximum atomic E-state index is 11.8. The molecule has 0 saturated heterocycles. The lowest BCUT2D eigenvalue weighted by atomic mass is 10.0. The predicted molar refractivity (Wildman–Crippen MR) is 103 cm³/mol. The number of nitrogens with one attached hydrogen (secondary N) is 1. The van der Waals surface area contributed by atoms with E-state index in [0.29, 0.717) is 5.69 Å². The summed E-state index contributed by atoms with van der Waals surface area (Å²) in [6.07, 6.45) is 5.08. The average Bonchev–Trinajstić information content (AvgIpc) is 2.69. The van der Waals surface area contributed by atoms with Gasteiger partial charge in [-0.05, 0) is 41.3 Å². The van der Waals surface area contributed by atoms with Gasteiger partial charge < -0.3 is 0 Å². The third-order valence-electron chi connectivity index (χ3n) is 3.85. The van der Waals surface area contributed by atoms with Crippen molar-refractivity contribution in [3.63, 3.8) is 0 Å². The van der Waals surface area contributed by atoms with Crippen LogP contribution in [0, 0.1) is 0 Å². The number of aryl methyl sites for hydroxylation is 1. The molecule has 0 fully saturated rings. The fraction of sp³-hybridized carbons (Fsp3) is 0.0952. The summed E-state index contributed by atoms with van der Waals surface area (Å²) in [5.74, 6) is 0. The highest BCUT2D eigenvalue weighted by Gasteiger charge is 2.03. The van der Waals surface area contributed by atoms with Crippen LogP contribution in [-0.2, 0) is 11.3 Å². The molecule has 0 radical (unpaired) electrons. The normalized spacial score (nSPS) is 10.7. The average molecular weight is 345 g/mol. The zero-order chi connectivity index (χ0) is 18.2. The predicted octanol–water partition coefficient (Wildman–Crippen LogP) is 4.89. The van der Waals surface area contributed by atoms with E-state index in [9.17, 15) is 4.79 Å². The Hall–Kier alpha value is -3.47. The summed E-state index contributed by atoms with van der Waals surface area (Å²) in [7, 11) is 0. The molecule has 1 aromatic heterocycles. The number of carbonyl (C=O) groups excluding carboxylic acids is 1. The largest absolute Gasteiger partial charge is 0.437 e. The second-order valence-corrected chi connectivity index (χ2v) is 5.65. The van der Waals surface area contributed by atoms with Gasteiger partial charge >= 0.3 is 6.09 Å². The van der Waals surface area contributed by atoms with Gasteiger partial charge in [0.2, 0.25) is 0 Å². The number of hydrogen-bond donors (Lipinski definition) is 1. The number of hydrogen-bond acceptors (Lipinski definition) is 4. The van der Waals surface area contributed by atoms with Crippen molar-refractivity contribution < 1.29 is 9.63 Å². The Morgan fingerprint density at radius 1 is 1.08 bits per heavy atom. The minimum atomic E-state index is -0.648. The first-order chi connectivity index (χ1) is 12.7. The molecule has 3 aromatic rings. The number of nitrogens with zero attached hydrogens (tertiary/aromatic N) is 2. The number of aromatic nitrogens is 1. The van der Waals surface area contributed by atoms with E-state index in [1.54, 1.807) is 18.5 Å². The number of oxime groups is 1. The number of pyridine rings is 1. The molecule has 0 bridgehead atoms. The topological polar surface area (TPSA) is 63.6 Å². The quantitative estimate of drug-likeness (QED) is 0.407. The van der Waals surface area contributed by atoms with Crippen molar-refractivity contribution in [3.05, 3.63) is 84.2 Å². The summed E-state index contributed by atoms with van der Waals surface area (Å²) >= 11 is 0. The van der Waals surface area contributed by atoms with Crippen LogP contribution >= 0.6 is 0 Å². The van der Waals surface area contributed by atoms with Crippen LogP contribution in [0.3, 0.4) is 0 Å². The molecule has 2 aromatic carbocycles. The Bertz CT molecular complexity index is 873. The molecule has 0 spiro atoms. The molecule has 5 nitrogen and oxygen atoms in total. The SMILES string of the molecule is CCc1ccc(-c2ccc(NC(=O)O/N=C/c3cccnc3)cc2)cc1. The Morgan fingerprint density at radius 3 is 2.38 bits per heavy atom. The summed E-state index contributed by atoms with van der Waals surface area (Å²) in [6, 6.07) is 19.6. The molecular weight excluding hydrogens is 326 g/mol. The van der Waals surface area contributed by atoms with Crippen LogP contribution < -0.4 is 5.32 Å². The highest BCUT2D eigenvalue weighted by Crippen LogP contribution is 2.22. The number of amides is 1. The summed E-state index contributed by atoms with van der Waals surface area (Å²) < 4.78 is 0. The number of carbonyl (C=O) groups is 1. The van der Waals surface area contributed by atoms with Crippen LogP contribution in [0.5, 0.6) is 0 Å². The molecule has 26 heavy (non-hydrogen) atoms. The maximum Gasteiger partial charge on any atom is 0.437 e. The first kappa shape index (κ1) is 17.4. The molecule has 0 unspecified atom stereocenters. The second kappa shape index (κ2) is 8.58. The molecule has 3 rings (SSSR count). The zero-order valence-corrected chi connectivity index (χ0v) is 14.4. The molecule has 5 heteroatoms. The van der Waals surface area contributed by atoms with Crippen LogP contribution in [0.25, 0.3) is 11.1 Å². The van der Waals surface area contributed by atoms with E-state index < -0.39 is 6.09 Å². The molecule has 0 saturated carbocycles. The van der Waals surface area contributed by atoms with E-state index in [-0.39, 0.29) is 0 Å².